The summed E-state index contributed by atoms with van der Waals surface area (Å²) in [7, 11) is 0. The molecule has 0 spiro atoms. The van der Waals surface area contributed by atoms with Crippen molar-refractivity contribution in [1.29, 1.82) is 0 Å². The third-order valence-corrected chi connectivity index (χ3v) is 3.95. The zero-order chi connectivity index (χ0) is 11.7. The van der Waals surface area contributed by atoms with Crippen molar-refractivity contribution in [3.63, 3.8) is 0 Å². The van der Waals surface area contributed by atoms with Crippen LogP contribution in [-0.2, 0) is 4.45 Å². The summed E-state index contributed by atoms with van der Waals surface area (Å²) in [6.07, 6.45) is 8.09. The predicted molar refractivity (Wildman–Crippen MR) is 76.0 cm³/mol. The minimum absolute atomic E-state index is 0.286. The lowest BCUT2D eigenvalue weighted by atomic mass is 10.0. The highest BCUT2D eigenvalue weighted by molar-refractivity contribution is 9.09. The summed E-state index contributed by atoms with van der Waals surface area (Å²) in [6.45, 7) is 0. The van der Waals surface area contributed by atoms with Crippen LogP contribution in [0, 0.1) is 0 Å². The van der Waals surface area contributed by atoms with Gasteiger partial charge in [-0.15, -0.1) is 0 Å². The van der Waals surface area contributed by atoms with Crippen molar-refractivity contribution in [2.75, 3.05) is 0 Å². The average molecular weight is 286 g/mol. The van der Waals surface area contributed by atoms with Crippen molar-refractivity contribution in [1.82, 2.24) is 5.32 Å². The second kappa shape index (κ2) is 4.04. The van der Waals surface area contributed by atoms with Crippen LogP contribution in [0.3, 0.4) is 0 Å². The molecule has 1 heterocycles. The molecule has 1 aliphatic rings. The van der Waals surface area contributed by atoms with Crippen molar-refractivity contribution < 1.29 is 0 Å². The molecule has 0 fully saturated rings. The van der Waals surface area contributed by atoms with Crippen LogP contribution < -0.4 is 5.32 Å². The third kappa shape index (κ3) is 1.89. The molecule has 2 aromatic rings. The molecule has 84 valence electrons. The summed E-state index contributed by atoms with van der Waals surface area (Å²) in [4.78, 5) is 0. The Hall–Kier alpha value is -1.54. The molecule has 0 amide bonds. The lowest BCUT2D eigenvalue weighted by Crippen LogP contribution is -2.31. The molecule has 17 heavy (non-hydrogen) atoms. The summed E-state index contributed by atoms with van der Waals surface area (Å²) >= 11 is 3.74. The van der Waals surface area contributed by atoms with Gasteiger partial charge < -0.3 is 5.32 Å². The molecule has 1 unspecified atom stereocenters. The van der Waals surface area contributed by atoms with Crippen LogP contribution in [0.2, 0.25) is 0 Å². The maximum atomic E-state index is 3.74. The van der Waals surface area contributed by atoms with E-state index in [-0.39, 0.29) is 4.45 Å². The lowest BCUT2D eigenvalue weighted by molar-refractivity contribution is 0.697. The first-order chi connectivity index (χ1) is 8.28. The summed E-state index contributed by atoms with van der Waals surface area (Å²) in [6, 6.07) is 14.9. The van der Waals surface area contributed by atoms with Gasteiger partial charge in [-0.3, -0.25) is 0 Å². The van der Waals surface area contributed by atoms with Gasteiger partial charge in [-0.05, 0) is 40.8 Å². The standard InChI is InChI=1S/C15H12BrN/c16-15(9-3-4-10-17-15)14-8-7-12-5-1-2-6-13(12)11-14/h1-11,17H. The summed E-state index contributed by atoms with van der Waals surface area (Å²) in [5, 5.41) is 5.85. The molecule has 1 aliphatic heterocycles. The number of dihydropyridines is 1. The van der Waals surface area contributed by atoms with E-state index < -0.39 is 0 Å². The molecule has 1 nitrogen and oxygen atoms in total. The lowest BCUT2D eigenvalue weighted by Gasteiger charge is -2.27. The minimum atomic E-state index is -0.286. The van der Waals surface area contributed by atoms with Gasteiger partial charge in [0.2, 0.25) is 0 Å². The second-order valence-corrected chi connectivity index (χ2v) is 5.39. The Labute approximate surface area is 109 Å². The quantitative estimate of drug-likeness (QED) is 0.615. The Kier molecular flexibility index (Phi) is 2.52. The number of allylic oxidation sites excluding steroid dienone is 2. The zero-order valence-electron chi connectivity index (χ0n) is 9.23. The van der Waals surface area contributed by atoms with Gasteiger partial charge in [0.15, 0.2) is 0 Å². The molecule has 1 atom stereocenters. The molecule has 2 heteroatoms. The Balaban J connectivity index is 2.12. The van der Waals surface area contributed by atoms with Gasteiger partial charge in [-0.1, -0.05) is 58.4 Å². The second-order valence-electron chi connectivity index (χ2n) is 4.14. The molecule has 0 aromatic heterocycles. The van der Waals surface area contributed by atoms with E-state index in [4.69, 9.17) is 0 Å². The third-order valence-electron chi connectivity index (χ3n) is 3.00. The molecule has 0 saturated carbocycles. The van der Waals surface area contributed by atoms with Gasteiger partial charge >= 0.3 is 0 Å². The molecule has 0 radical (unpaired) electrons. The number of hydrogen-bond acceptors (Lipinski definition) is 1. The molecular formula is C15H12BrN. The number of rotatable bonds is 1. The van der Waals surface area contributed by atoms with E-state index in [9.17, 15) is 0 Å². The van der Waals surface area contributed by atoms with Crippen LogP contribution in [0.1, 0.15) is 5.56 Å². The first kappa shape index (κ1) is 10.6. The van der Waals surface area contributed by atoms with E-state index >= 15 is 0 Å². The molecule has 0 bridgehead atoms. The first-order valence-corrected chi connectivity index (χ1v) is 6.37. The fourth-order valence-electron chi connectivity index (χ4n) is 2.06. The number of benzene rings is 2. The van der Waals surface area contributed by atoms with Crippen molar-refractivity contribution in [2.24, 2.45) is 0 Å². The van der Waals surface area contributed by atoms with Crippen molar-refractivity contribution in [2.45, 2.75) is 4.45 Å². The normalized spacial score (nSPS) is 22.6. The largest absolute Gasteiger partial charge is 0.369 e. The highest BCUT2D eigenvalue weighted by Gasteiger charge is 2.25. The minimum Gasteiger partial charge on any atom is -0.369 e. The highest BCUT2D eigenvalue weighted by Crippen LogP contribution is 2.33. The van der Waals surface area contributed by atoms with Gasteiger partial charge in [-0.25, -0.2) is 0 Å². The molecule has 1 N–H and O–H groups in total. The van der Waals surface area contributed by atoms with E-state index in [0.717, 1.165) is 0 Å². The zero-order valence-corrected chi connectivity index (χ0v) is 10.8. The molecule has 0 saturated heterocycles. The van der Waals surface area contributed by atoms with E-state index in [1.165, 1.54) is 16.3 Å². The van der Waals surface area contributed by atoms with Crippen LogP contribution in [0.15, 0.2) is 66.9 Å². The van der Waals surface area contributed by atoms with Gasteiger partial charge in [0.25, 0.3) is 0 Å². The number of fused-ring (bicyclic) bond motifs is 1. The summed E-state index contributed by atoms with van der Waals surface area (Å²) in [5.41, 5.74) is 1.21. The molecule has 0 aliphatic carbocycles. The summed E-state index contributed by atoms with van der Waals surface area (Å²) in [5.74, 6) is 0. The maximum Gasteiger partial charge on any atom is 0.137 e. The SMILES string of the molecule is BrC1(c2ccc3ccccc3c2)C=CC=CN1. The number of halogens is 1. The van der Waals surface area contributed by atoms with Crippen molar-refractivity contribution >= 4 is 26.7 Å². The number of hydrogen-bond donors (Lipinski definition) is 1. The van der Waals surface area contributed by atoms with Crippen LogP contribution in [-0.4, -0.2) is 0 Å². The highest BCUT2D eigenvalue weighted by atomic mass is 79.9. The molecule has 2 aromatic carbocycles. The Morgan fingerprint density at radius 2 is 1.76 bits per heavy atom. The Bertz CT molecular complexity index is 615. The topological polar surface area (TPSA) is 12.0 Å². The monoisotopic (exact) mass is 285 g/mol. The van der Waals surface area contributed by atoms with Crippen LogP contribution in [0.4, 0.5) is 0 Å². The molecule has 3 rings (SSSR count). The van der Waals surface area contributed by atoms with E-state index in [1.54, 1.807) is 0 Å². The van der Waals surface area contributed by atoms with Gasteiger partial charge in [0.05, 0.1) is 0 Å². The predicted octanol–water partition coefficient (Wildman–Crippen LogP) is 4.06. The Morgan fingerprint density at radius 3 is 2.53 bits per heavy atom. The average Bonchev–Trinajstić information content (AvgIpc) is 2.39. The molecular weight excluding hydrogens is 274 g/mol. The first-order valence-electron chi connectivity index (χ1n) is 5.58. The van der Waals surface area contributed by atoms with Crippen LogP contribution in [0.25, 0.3) is 10.8 Å². The Morgan fingerprint density at radius 1 is 0.941 bits per heavy atom. The van der Waals surface area contributed by atoms with Crippen LogP contribution in [0.5, 0.6) is 0 Å². The van der Waals surface area contributed by atoms with Gasteiger partial charge in [-0.2, -0.15) is 0 Å². The number of nitrogens with one attached hydrogen (secondary N) is 1. The van der Waals surface area contributed by atoms with Crippen LogP contribution >= 0.6 is 15.9 Å². The maximum absolute atomic E-state index is 3.74. The number of alkyl halides is 1. The van der Waals surface area contributed by atoms with Gasteiger partial charge in [0.1, 0.15) is 4.45 Å². The van der Waals surface area contributed by atoms with Crippen molar-refractivity contribution in [3.05, 3.63) is 72.5 Å². The van der Waals surface area contributed by atoms with Crippen molar-refractivity contribution in [3.8, 4) is 0 Å². The van der Waals surface area contributed by atoms with E-state index in [1.807, 2.05) is 18.4 Å². The smallest absolute Gasteiger partial charge is 0.137 e. The van der Waals surface area contributed by atoms with Gasteiger partial charge in [0, 0.05) is 0 Å². The van der Waals surface area contributed by atoms with E-state index in [2.05, 4.69) is 69.8 Å². The fraction of sp³-hybridized carbons (Fsp3) is 0.0667. The summed E-state index contributed by atoms with van der Waals surface area (Å²) < 4.78 is -0.286. The fourth-order valence-corrected chi connectivity index (χ4v) is 2.59. The van der Waals surface area contributed by atoms with E-state index in [0.29, 0.717) is 0 Å².